The molecule has 2 aromatic carbocycles. The van der Waals surface area contributed by atoms with Crippen molar-refractivity contribution in [1.29, 1.82) is 5.41 Å². The second kappa shape index (κ2) is 10.8. The predicted molar refractivity (Wildman–Crippen MR) is 149 cm³/mol. The summed E-state index contributed by atoms with van der Waals surface area (Å²) in [7, 11) is 0. The highest BCUT2D eigenvalue weighted by Crippen LogP contribution is 2.33. The minimum atomic E-state index is -0.617. The molecule has 0 saturated heterocycles. The van der Waals surface area contributed by atoms with E-state index in [1.807, 2.05) is 38.1 Å². The summed E-state index contributed by atoms with van der Waals surface area (Å²) < 4.78 is 11.6. The van der Waals surface area contributed by atoms with Gasteiger partial charge in [0.05, 0.1) is 10.5 Å². The third kappa shape index (κ3) is 5.94. The van der Waals surface area contributed by atoms with Gasteiger partial charge in [-0.1, -0.05) is 46.8 Å². The lowest BCUT2D eigenvalue weighted by Gasteiger charge is -2.20. The summed E-state index contributed by atoms with van der Waals surface area (Å²) in [5.41, 5.74) is 1.31. The number of aliphatic imine (C=N–C) groups is 1. The zero-order valence-electron chi connectivity index (χ0n) is 21.8. The molecular formula is C27H29N5O5S. The fourth-order valence-corrected chi connectivity index (χ4v) is 4.54. The van der Waals surface area contributed by atoms with E-state index < -0.39 is 10.8 Å². The van der Waals surface area contributed by atoms with Crippen molar-refractivity contribution < 1.29 is 19.2 Å². The van der Waals surface area contributed by atoms with Crippen molar-refractivity contribution in [2.45, 2.75) is 40.0 Å². The molecule has 2 heterocycles. The minimum absolute atomic E-state index is 0.0383. The van der Waals surface area contributed by atoms with Crippen molar-refractivity contribution in [3.8, 4) is 11.5 Å². The summed E-state index contributed by atoms with van der Waals surface area (Å²) >= 11 is 1.25. The van der Waals surface area contributed by atoms with Crippen LogP contribution in [0.1, 0.15) is 45.7 Å². The maximum Gasteiger partial charge on any atom is 0.283 e. The first-order valence-corrected chi connectivity index (χ1v) is 12.9. The van der Waals surface area contributed by atoms with E-state index in [0.717, 1.165) is 5.04 Å². The molecule has 38 heavy (non-hydrogen) atoms. The topological polar surface area (TPSA) is 130 Å². The molecule has 10 nitrogen and oxygen atoms in total. The van der Waals surface area contributed by atoms with E-state index in [-0.39, 0.29) is 47.2 Å². The summed E-state index contributed by atoms with van der Waals surface area (Å²) in [6.45, 7) is 10.7. The number of nitrogens with one attached hydrogen (secondary N) is 1. The van der Waals surface area contributed by atoms with Gasteiger partial charge in [0.25, 0.3) is 11.6 Å². The number of fused-ring (bicyclic) bond motifs is 1. The molecule has 0 saturated carbocycles. The number of non-ortho nitro benzene ring substituents is 1. The summed E-state index contributed by atoms with van der Waals surface area (Å²) in [4.78, 5) is 27.7. The molecule has 2 aliphatic heterocycles. The number of hydrazone groups is 1. The first-order valence-electron chi connectivity index (χ1n) is 12.1. The fourth-order valence-electron chi connectivity index (χ4n) is 3.65. The van der Waals surface area contributed by atoms with Crippen LogP contribution in [0, 0.1) is 21.4 Å². The van der Waals surface area contributed by atoms with Crippen molar-refractivity contribution >= 4 is 45.5 Å². The van der Waals surface area contributed by atoms with Crippen LogP contribution in [0.15, 0.2) is 58.1 Å². The first-order chi connectivity index (χ1) is 17.9. The summed E-state index contributed by atoms with van der Waals surface area (Å²) in [5.74, 6) is 0.356. The Morgan fingerprint density at radius 3 is 2.45 bits per heavy atom. The monoisotopic (exact) mass is 535 g/mol. The molecule has 0 aromatic heterocycles. The maximum absolute atomic E-state index is 12.8. The van der Waals surface area contributed by atoms with Crippen LogP contribution in [0.5, 0.6) is 11.5 Å². The molecule has 11 heteroatoms. The van der Waals surface area contributed by atoms with Crippen LogP contribution in [-0.4, -0.2) is 45.1 Å². The third-order valence-electron chi connectivity index (χ3n) is 5.80. The van der Waals surface area contributed by atoms with E-state index >= 15 is 0 Å². The Morgan fingerprint density at radius 1 is 1.13 bits per heavy atom. The summed E-state index contributed by atoms with van der Waals surface area (Å²) in [6.07, 6.45) is 1.38. The average Bonchev–Trinajstić information content (AvgIpc) is 3.29. The van der Waals surface area contributed by atoms with Crippen molar-refractivity contribution in [2.24, 2.45) is 16.0 Å². The number of ether oxygens (including phenoxy) is 2. The fraction of sp³-hybridized carbons (Fsp3) is 0.333. The quantitative estimate of drug-likeness (QED) is 0.201. The van der Waals surface area contributed by atoms with Crippen molar-refractivity contribution in [1.82, 2.24) is 5.01 Å². The minimum Gasteiger partial charge on any atom is -0.490 e. The number of benzene rings is 2. The Labute approximate surface area is 225 Å². The van der Waals surface area contributed by atoms with Crippen molar-refractivity contribution in [3.63, 3.8) is 0 Å². The smallest absolute Gasteiger partial charge is 0.283 e. The van der Waals surface area contributed by atoms with Gasteiger partial charge in [-0.25, -0.2) is 0 Å². The standard InChI is InChI=1S/C27H29N5O5S/c1-16(2)25-30-31-23(28)21(24(33)29-26(31)38-25)15-17-14-19(32(34)35)8-11-22(17)37-13-12-36-20-9-6-18(7-10-20)27(3,4)5/h6-11,14-16,28H,12-13H2,1-5H3/b21-15+,28-23?. The Kier molecular flexibility index (Phi) is 7.68. The molecule has 0 aliphatic carbocycles. The number of amides is 1. The second-order valence-corrected chi connectivity index (χ2v) is 11.1. The average molecular weight is 536 g/mol. The van der Waals surface area contributed by atoms with Gasteiger partial charge in [0.1, 0.15) is 29.8 Å². The predicted octanol–water partition coefficient (Wildman–Crippen LogP) is 5.63. The maximum atomic E-state index is 12.8. The van der Waals surface area contributed by atoms with Gasteiger partial charge in [-0.2, -0.15) is 15.1 Å². The Hall–Kier alpha value is -3.99. The zero-order chi connectivity index (χ0) is 27.6. The first kappa shape index (κ1) is 27.1. The molecule has 0 atom stereocenters. The number of nitro benzene ring substituents is 1. The van der Waals surface area contributed by atoms with Crippen LogP contribution in [0.25, 0.3) is 6.08 Å². The molecule has 0 bridgehead atoms. The molecule has 0 fully saturated rings. The highest BCUT2D eigenvalue weighted by molar-refractivity contribution is 8.27. The zero-order valence-corrected chi connectivity index (χ0v) is 22.7. The molecule has 2 aliphatic rings. The van der Waals surface area contributed by atoms with E-state index in [1.54, 1.807) is 0 Å². The molecular weight excluding hydrogens is 506 g/mol. The van der Waals surface area contributed by atoms with Crippen LogP contribution < -0.4 is 9.47 Å². The molecule has 0 radical (unpaired) electrons. The summed E-state index contributed by atoms with van der Waals surface area (Å²) in [5, 5.41) is 26.7. The van der Waals surface area contributed by atoms with Gasteiger partial charge in [-0.05, 0) is 47.0 Å². The molecule has 4 rings (SSSR count). The largest absolute Gasteiger partial charge is 0.490 e. The highest BCUT2D eigenvalue weighted by atomic mass is 32.2. The van der Waals surface area contributed by atoms with Gasteiger partial charge in [-0.15, -0.1) is 0 Å². The van der Waals surface area contributed by atoms with Crippen LogP contribution in [-0.2, 0) is 10.2 Å². The number of hydrogen-bond donors (Lipinski definition) is 1. The summed E-state index contributed by atoms with van der Waals surface area (Å²) in [6, 6.07) is 11.9. The molecule has 1 amide bonds. The highest BCUT2D eigenvalue weighted by Gasteiger charge is 2.36. The van der Waals surface area contributed by atoms with Crippen molar-refractivity contribution in [2.75, 3.05) is 13.2 Å². The number of carbonyl (C=O) groups is 1. The lowest BCUT2D eigenvalue weighted by molar-refractivity contribution is -0.384. The molecule has 2 aromatic rings. The number of thioether (sulfide) groups is 1. The number of hydrogen-bond acceptors (Lipinski definition) is 8. The van der Waals surface area contributed by atoms with E-state index in [4.69, 9.17) is 14.9 Å². The molecule has 1 N–H and O–H groups in total. The molecule has 198 valence electrons. The van der Waals surface area contributed by atoms with Gasteiger partial charge in [0.15, 0.2) is 5.84 Å². The Balaban J connectivity index is 1.51. The molecule has 0 spiro atoms. The van der Waals surface area contributed by atoms with Gasteiger partial charge in [-0.3, -0.25) is 20.3 Å². The SMILES string of the molecule is CC(C)C1=NN2C(=N)/C(=C\c3cc([N+](=O)[O-])ccc3OCCOc3ccc(C(C)(C)C)cc3)C(=O)N=C2S1. The van der Waals surface area contributed by atoms with Gasteiger partial charge in [0, 0.05) is 23.6 Å². The molecule has 0 unspecified atom stereocenters. The van der Waals surface area contributed by atoms with Gasteiger partial charge < -0.3 is 9.47 Å². The van der Waals surface area contributed by atoms with E-state index in [9.17, 15) is 14.9 Å². The van der Waals surface area contributed by atoms with Gasteiger partial charge >= 0.3 is 0 Å². The van der Waals surface area contributed by atoms with E-state index in [1.165, 1.54) is 46.6 Å². The van der Waals surface area contributed by atoms with Crippen LogP contribution in [0.4, 0.5) is 5.69 Å². The lowest BCUT2D eigenvalue weighted by atomic mass is 9.87. The second-order valence-electron chi connectivity index (χ2n) is 10.1. The van der Waals surface area contributed by atoms with E-state index in [2.05, 4.69) is 30.9 Å². The lowest BCUT2D eigenvalue weighted by Crippen LogP contribution is -2.35. The van der Waals surface area contributed by atoms with Gasteiger partial charge in [0.2, 0.25) is 5.17 Å². The van der Waals surface area contributed by atoms with E-state index in [0.29, 0.717) is 16.7 Å². The van der Waals surface area contributed by atoms with Crippen LogP contribution >= 0.6 is 11.8 Å². The third-order valence-corrected chi connectivity index (χ3v) is 7.01. The Bertz CT molecular complexity index is 1370. The number of nitro groups is 1. The van der Waals surface area contributed by atoms with Crippen LogP contribution in [0.2, 0.25) is 0 Å². The van der Waals surface area contributed by atoms with Crippen LogP contribution in [0.3, 0.4) is 0 Å². The van der Waals surface area contributed by atoms with Crippen molar-refractivity contribution in [3.05, 3.63) is 69.3 Å². The normalized spacial score (nSPS) is 16.5. The Morgan fingerprint density at radius 2 is 1.82 bits per heavy atom. The number of amidine groups is 2. The number of rotatable bonds is 8. The number of carbonyl (C=O) groups excluding carboxylic acids is 1. The number of nitrogens with zero attached hydrogens (tertiary/aromatic N) is 4.